The fraction of sp³-hybridized carbons (Fsp3) is 0.200. The van der Waals surface area contributed by atoms with Crippen LogP contribution in [0.3, 0.4) is 0 Å². The molecule has 1 heterocycles. The number of amides is 1. The second kappa shape index (κ2) is 5.78. The van der Waals surface area contributed by atoms with Gasteiger partial charge in [0.15, 0.2) is 0 Å². The van der Waals surface area contributed by atoms with Crippen LogP contribution in [-0.4, -0.2) is 38.1 Å². The quantitative estimate of drug-likeness (QED) is 0.833. The van der Waals surface area contributed by atoms with Crippen LogP contribution in [0.25, 0.3) is 5.69 Å². The van der Waals surface area contributed by atoms with Gasteiger partial charge in [-0.1, -0.05) is 10.3 Å². The van der Waals surface area contributed by atoms with E-state index in [1.165, 1.54) is 11.8 Å². The van der Waals surface area contributed by atoms with Crippen molar-refractivity contribution in [1.82, 2.24) is 20.2 Å². The first-order valence-electron chi connectivity index (χ1n) is 5.10. The lowest BCUT2D eigenvalue weighted by Crippen LogP contribution is -2.13. The highest BCUT2D eigenvalue weighted by Gasteiger charge is 2.02. The molecule has 2 rings (SSSR count). The van der Waals surface area contributed by atoms with Gasteiger partial charge in [0, 0.05) is 5.69 Å². The van der Waals surface area contributed by atoms with E-state index in [1.807, 2.05) is 18.4 Å². The van der Waals surface area contributed by atoms with Gasteiger partial charge in [-0.2, -0.15) is 17.0 Å². The molecule has 18 heavy (non-hydrogen) atoms. The third-order valence-electron chi connectivity index (χ3n) is 2.16. The molecule has 0 saturated carbocycles. The number of carbonyl (C=O) groups is 1. The van der Waals surface area contributed by atoms with Crippen molar-refractivity contribution in [3.8, 4) is 5.69 Å². The lowest BCUT2D eigenvalue weighted by Gasteiger charge is -2.05. The van der Waals surface area contributed by atoms with E-state index in [1.54, 1.807) is 16.8 Å². The number of tetrazole rings is 1. The van der Waals surface area contributed by atoms with Crippen molar-refractivity contribution in [3.05, 3.63) is 29.0 Å². The summed E-state index contributed by atoms with van der Waals surface area (Å²) >= 11 is 6.47. The minimum absolute atomic E-state index is 0.0185. The molecular formula is C10H11N5OS2. The molecule has 0 aliphatic rings. The fourth-order valence-corrected chi connectivity index (χ4v) is 1.91. The first-order valence-corrected chi connectivity index (χ1v) is 6.90. The molecule has 0 bridgehead atoms. The monoisotopic (exact) mass is 281 g/mol. The average Bonchev–Trinajstić information content (AvgIpc) is 2.77. The van der Waals surface area contributed by atoms with Gasteiger partial charge in [-0.15, -0.1) is 0 Å². The summed E-state index contributed by atoms with van der Waals surface area (Å²) in [6.07, 6.45) is 1.88. The topological polar surface area (TPSA) is 75.6 Å². The Balaban J connectivity index is 2.13. The number of nitrogens with one attached hydrogen (secondary N) is 2. The van der Waals surface area contributed by atoms with E-state index in [0.717, 1.165) is 11.4 Å². The van der Waals surface area contributed by atoms with E-state index < -0.39 is 0 Å². The Bertz CT molecular complexity index is 589. The smallest absolute Gasteiger partial charge is 0.242 e. The van der Waals surface area contributed by atoms with E-state index >= 15 is 0 Å². The highest BCUT2D eigenvalue weighted by atomic mass is 32.2. The Labute approximate surface area is 113 Å². The molecule has 0 aliphatic heterocycles. The highest BCUT2D eigenvalue weighted by Crippen LogP contribution is 2.12. The van der Waals surface area contributed by atoms with Gasteiger partial charge in [0.2, 0.25) is 10.7 Å². The molecule has 0 unspecified atom stereocenters. The predicted molar refractivity (Wildman–Crippen MR) is 73.6 cm³/mol. The first kappa shape index (κ1) is 12.8. The molecule has 2 aromatic rings. The Hall–Kier alpha value is -1.67. The Kier molecular flexibility index (Phi) is 4.11. The molecule has 0 saturated heterocycles. The maximum absolute atomic E-state index is 11.4. The molecular weight excluding hydrogens is 270 g/mol. The summed E-state index contributed by atoms with van der Waals surface area (Å²) in [5, 5.41) is 12.7. The van der Waals surface area contributed by atoms with Gasteiger partial charge >= 0.3 is 0 Å². The van der Waals surface area contributed by atoms with Crippen molar-refractivity contribution in [2.24, 2.45) is 0 Å². The van der Waals surface area contributed by atoms with Gasteiger partial charge in [0.05, 0.1) is 11.4 Å². The number of H-pyrrole nitrogens is 1. The number of carbonyl (C=O) groups excluding carboxylic acids is 1. The lowest BCUT2D eigenvalue weighted by atomic mass is 10.3. The Morgan fingerprint density at radius 1 is 1.50 bits per heavy atom. The second-order valence-electron chi connectivity index (χ2n) is 3.45. The summed E-state index contributed by atoms with van der Waals surface area (Å²) in [6, 6.07) is 7.25. The Morgan fingerprint density at radius 3 is 2.78 bits per heavy atom. The van der Waals surface area contributed by atoms with Gasteiger partial charge < -0.3 is 5.32 Å². The zero-order valence-electron chi connectivity index (χ0n) is 9.58. The zero-order chi connectivity index (χ0) is 13.0. The van der Waals surface area contributed by atoms with E-state index in [-0.39, 0.29) is 5.91 Å². The summed E-state index contributed by atoms with van der Waals surface area (Å²) in [7, 11) is 0. The SMILES string of the molecule is CSCC(=O)Nc1ccc(-n2[nH]nnc2=S)cc1. The van der Waals surface area contributed by atoms with Gasteiger partial charge in [0.1, 0.15) is 0 Å². The maximum atomic E-state index is 11.4. The standard InChI is InChI=1S/C10H11N5OS2/c1-18-6-9(16)11-7-2-4-8(5-3-7)15-10(17)12-13-14-15/h2-5H,6H2,1H3,(H,11,16)(H,12,14,17). The van der Waals surface area contributed by atoms with Crippen molar-refractivity contribution in [2.75, 3.05) is 17.3 Å². The molecule has 1 aromatic carbocycles. The number of anilines is 1. The van der Waals surface area contributed by atoms with Crippen molar-refractivity contribution < 1.29 is 4.79 Å². The average molecular weight is 281 g/mol. The van der Waals surface area contributed by atoms with E-state index in [2.05, 4.69) is 20.8 Å². The number of benzene rings is 1. The van der Waals surface area contributed by atoms with Crippen LogP contribution < -0.4 is 5.32 Å². The summed E-state index contributed by atoms with van der Waals surface area (Å²) in [5.74, 6) is 0.423. The minimum Gasteiger partial charge on any atom is -0.325 e. The normalized spacial score (nSPS) is 10.3. The van der Waals surface area contributed by atoms with Crippen LogP contribution in [0, 0.1) is 4.77 Å². The molecule has 1 aromatic heterocycles. The van der Waals surface area contributed by atoms with Crippen LogP contribution in [0.15, 0.2) is 24.3 Å². The van der Waals surface area contributed by atoms with Crippen molar-refractivity contribution in [1.29, 1.82) is 0 Å². The molecule has 0 radical (unpaired) electrons. The molecule has 0 spiro atoms. The van der Waals surface area contributed by atoms with Crippen LogP contribution >= 0.6 is 24.0 Å². The van der Waals surface area contributed by atoms with Gasteiger partial charge in [-0.3, -0.25) is 4.79 Å². The van der Waals surface area contributed by atoms with E-state index in [4.69, 9.17) is 12.2 Å². The fourth-order valence-electron chi connectivity index (χ4n) is 1.39. The maximum Gasteiger partial charge on any atom is 0.242 e. The third-order valence-corrected chi connectivity index (χ3v) is 2.97. The number of rotatable bonds is 4. The van der Waals surface area contributed by atoms with Crippen molar-refractivity contribution in [2.45, 2.75) is 0 Å². The number of aromatic nitrogens is 4. The largest absolute Gasteiger partial charge is 0.325 e. The van der Waals surface area contributed by atoms with Crippen molar-refractivity contribution in [3.63, 3.8) is 0 Å². The summed E-state index contributed by atoms with van der Waals surface area (Å²) < 4.78 is 1.93. The van der Waals surface area contributed by atoms with E-state index in [0.29, 0.717) is 10.5 Å². The molecule has 1 amide bonds. The third kappa shape index (κ3) is 2.96. The number of hydrogen-bond donors (Lipinski definition) is 2. The summed E-state index contributed by atoms with van der Waals surface area (Å²) in [5.41, 5.74) is 1.56. The zero-order valence-corrected chi connectivity index (χ0v) is 11.2. The second-order valence-corrected chi connectivity index (χ2v) is 4.68. The van der Waals surface area contributed by atoms with Gasteiger partial charge in [-0.05, 0) is 42.7 Å². The molecule has 8 heteroatoms. The number of hydrogen-bond acceptors (Lipinski definition) is 5. The Morgan fingerprint density at radius 2 is 2.22 bits per heavy atom. The van der Waals surface area contributed by atoms with E-state index in [9.17, 15) is 4.79 Å². The first-order chi connectivity index (χ1) is 8.70. The van der Waals surface area contributed by atoms with Crippen LogP contribution in [0.2, 0.25) is 0 Å². The predicted octanol–water partition coefficient (Wildman–Crippen LogP) is 1.63. The molecule has 0 atom stereocenters. The van der Waals surface area contributed by atoms with Crippen LogP contribution in [0.4, 0.5) is 5.69 Å². The molecule has 6 nitrogen and oxygen atoms in total. The lowest BCUT2D eigenvalue weighted by molar-refractivity contribution is -0.113. The van der Waals surface area contributed by atoms with Gasteiger partial charge in [0.25, 0.3) is 0 Å². The van der Waals surface area contributed by atoms with Gasteiger partial charge in [-0.25, -0.2) is 4.68 Å². The molecule has 0 aliphatic carbocycles. The highest BCUT2D eigenvalue weighted by molar-refractivity contribution is 7.99. The number of thioether (sulfide) groups is 1. The molecule has 94 valence electrons. The van der Waals surface area contributed by atoms with Crippen LogP contribution in [0.5, 0.6) is 0 Å². The van der Waals surface area contributed by atoms with Crippen LogP contribution in [-0.2, 0) is 4.79 Å². The number of nitrogens with zero attached hydrogens (tertiary/aromatic N) is 3. The summed E-state index contributed by atoms with van der Waals surface area (Å²) in [4.78, 5) is 11.4. The molecule has 2 N–H and O–H groups in total. The minimum atomic E-state index is -0.0185. The van der Waals surface area contributed by atoms with Crippen molar-refractivity contribution >= 4 is 35.6 Å². The van der Waals surface area contributed by atoms with Crippen LogP contribution in [0.1, 0.15) is 0 Å². The summed E-state index contributed by atoms with van der Waals surface area (Å²) in [6.45, 7) is 0. The molecule has 0 fully saturated rings. The number of aromatic amines is 1.